The molecular weight excluding hydrogens is 210 g/mol. The lowest BCUT2D eigenvalue weighted by Gasteiger charge is -2.17. The van der Waals surface area contributed by atoms with Crippen LogP contribution in [0.5, 0.6) is 0 Å². The molecule has 17 heavy (non-hydrogen) atoms. The minimum Gasteiger partial charge on any atom is -0.396 e. The van der Waals surface area contributed by atoms with Gasteiger partial charge in [0, 0.05) is 19.7 Å². The minimum absolute atomic E-state index is 0.335. The first-order chi connectivity index (χ1) is 8.19. The maximum atomic E-state index is 8.96. The van der Waals surface area contributed by atoms with E-state index in [0.717, 1.165) is 19.5 Å². The summed E-state index contributed by atoms with van der Waals surface area (Å²) in [6.45, 7) is 8.07. The lowest BCUT2D eigenvalue weighted by Crippen LogP contribution is -2.21. The predicted molar refractivity (Wildman–Crippen MR) is 71.0 cm³/mol. The Balaban J connectivity index is 1.95. The summed E-state index contributed by atoms with van der Waals surface area (Å²) in [7, 11) is 0. The normalized spacial score (nSPS) is 21.0. The van der Waals surface area contributed by atoms with Gasteiger partial charge in [-0.3, -0.25) is 4.90 Å². The number of hydrogen-bond donors (Lipinski definition) is 1. The van der Waals surface area contributed by atoms with E-state index >= 15 is 0 Å². The Morgan fingerprint density at radius 2 is 2.18 bits per heavy atom. The average Bonchev–Trinajstić information content (AvgIpc) is 2.72. The van der Waals surface area contributed by atoms with Crippen LogP contribution in [0.3, 0.4) is 0 Å². The number of rotatable bonds is 4. The summed E-state index contributed by atoms with van der Waals surface area (Å²) in [5.74, 6) is 0.699. The Bertz CT molecular complexity index is 375. The van der Waals surface area contributed by atoms with Crippen molar-refractivity contribution in [3.8, 4) is 0 Å². The molecule has 1 saturated heterocycles. The molecule has 1 aliphatic rings. The zero-order valence-electron chi connectivity index (χ0n) is 10.9. The molecule has 1 aliphatic heterocycles. The van der Waals surface area contributed by atoms with Gasteiger partial charge in [0.25, 0.3) is 0 Å². The highest BCUT2D eigenvalue weighted by atomic mass is 16.3. The summed E-state index contributed by atoms with van der Waals surface area (Å²) in [5.41, 5.74) is 4.19. The largest absolute Gasteiger partial charge is 0.396 e. The number of aliphatic hydroxyl groups is 1. The maximum Gasteiger partial charge on any atom is 0.0434 e. The summed E-state index contributed by atoms with van der Waals surface area (Å²) in [4.78, 5) is 2.52. The molecule has 94 valence electrons. The fraction of sp³-hybridized carbons (Fsp3) is 0.600. The van der Waals surface area contributed by atoms with Crippen molar-refractivity contribution in [3.05, 3.63) is 34.9 Å². The average molecular weight is 233 g/mol. The number of aliphatic hydroxyl groups excluding tert-OH is 1. The van der Waals surface area contributed by atoms with Gasteiger partial charge in [-0.15, -0.1) is 0 Å². The van der Waals surface area contributed by atoms with Crippen LogP contribution >= 0.6 is 0 Å². The fourth-order valence-electron chi connectivity index (χ4n) is 2.69. The standard InChI is InChI=1S/C15H23NO/c1-12-3-4-13(2)15(9-12)11-16-7-5-14(10-16)6-8-17/h3-4,9,14,17H,5-8,10-11H2,1-2H3. The van der Waals surface area contributed by atoms with Gasteiger partial charge in [0.15, 0.2) is 0 Å². The van der Waals surface area contributed by atoms with Crippen LogP contribution in [-0.4, -0.2) is 29.7 Å². The van der Waals surface area contributed by atoms with Crippen LogP contribution in [0.4, 0.5) is 0 Å². The predicted octanol–water partition coefficient (Wildman–Crippen LogP) is 2.51. The second-order valence-electron chi connectivity index (χ2n) is 5.33. The Hall–Kier alpha value is -0.860. The molecule has 1 heterocycles. The smallest absolute Gasteiger partial charge is 0.0434 e. The van der Waals surface area contributed by atoms with Gasteiger partial charge in [-0.25, -0.2) is 0 Å². The van der Waals surface area contributed by atoms with Crippen LogP contribution in [0.15, 0.2) is 18.2 Å². The number of benzene rings is 1. The van der Waals surface area contributed by atoms with Crippen molar-refractivity contribution in [2.75, 3.05) is 19.7 Å². The van der Waals surface area contributed by atoms with Crippen molar-refractivity contribution in [1.29, 1.82) is 0 Å². The molecule has 2 nitrogen and oxygen atoms in total. The molecule has 0 amide bonds. The van der Waals surface area contributed by atoms with Gasteiger partial charge < -0.3 is 5.11 Å². The van der Waals surface area contributed by atoms with E-state index in [1.165, 1.54) is 29.7 Å². The number of likely N-dealkylation sites (tertiary alicyclic amines) is 1. The van der Waals surface area contributed by atoms with Gasteiger partial charge in [0.05, 0.1) is 0 Å². The molecule has 0 bridgehead atoms. The minimum atomic E-state index is 0.335. The van der Waals surface area contributed by atoms with E-state index in [0.29, 0.717) is 12.5 Å². The Morgan fingerprint density at radius 1 is 1.35 bits per heavy atom. The van der Waals surface area contributed by atoms with E-state index < -0.39 is 0 Å². The van der Waals surface area contributed by atoms with Crippen molar-refractivity contribution in [1.82, 2.24) is 4.90 Å². The summed E-state index contributed by atoms with van der Waals surface area (Å²) in [6, 6.07) is 6.69. The van der Waals surface area contributed by atoms with Gasteiger partial charge in [-0.1, -0.05) is 23.8 Å². The van der Waals surface area contributed by atoms with E-state index in [1.807, 2.05) is 0 Å². The second kappa shape index (κ2) is 5.65. The molecule has 1 N–H and O–H groups in total. The lowest BCUT2D eigenvalue weighted by molar-refractivity contribution is 0.249. The quantitative estimate of drug-likeness (QED) is 0.863. The fourth-order valence-corrected chi connectivity index (χ4v) is 2.69. The highest BCUT2D eigenvalue weighted by Crippen LogP contribution is 2.22. The molecule has 1 atom stereocenters. The van der Waals surface area contributed by atoms with Crippen LogP contribution in [-0.2, 0) is 6.54 Å². The Kier molecular flexibility index (Phi) is 4.19. The monoisotopic (exact) mass is 233 g/mol. The topological polar surface area (TPSA) is 23.5 Å². The highest BCUT2D eigenvalue weighted by Gasteiger charge is 2.22. The molecule has 0 aliphatic carbocycles. The first-order valence-electron chi connectivity index (χ1n) is 6.58. The Labute approximate surface area is 104 Å². The van der Waals surface area contributed by atoms with Crippen molar-refractivity contribution < 1.29 is 5.11 Å². The van der Waals surface area contributed by atoms with E-state index in [4.69, 9.17) is 5.11 Å². The van der Waals surface area contributed by atoms with Crippen LogP contribution < -0.4 is 0 Å². The third-order valence-electron chi connectivity index (χ3n) is 3.81. The molecule has 0 saturated carbocycles. The molecule has 0 radical (unpaired) electrons. The molecule has 0 aromatic heterocycles. The molecule has 1 aromatic rings. The number of hydrogen-bond acceptors (Lipinski definition) is 2. The van der Waals surface area contributed by atoms with Crippen molar-refractivity contribution >= 4 is 0 Å². The molecule has 0 spiro atoms. The Morgan fingerprint density at radius 3 is 2.94 bits per heavy atom. The zero-order valence-corrected chi connectivity index (χ0v) is 10.9. The summed E-state index contributed by atoms with van der Waals surface area (Å²) in [5, 5.41) is 8.96. The molecule has 1 fully saturated rings. The van der Waals surface area contributed by atoms with Gasteiger partial charge in [0.1, 0.15) is 0 Å². The highest BCUT2D eigenvalue weighted by molar-refractivity contribution is 5.30. The van der Waals surface area contributed by atoms with Crippen molar-refractivity contribution in [3.63, 3.8) is 0 Å². The second-order valence-corrected chi connectivity index (χ2v) is 5.33. The van der Waals surface area contributed by atoms with Crippen LogP contribution in [0.25, 0.3) is 0 Å². The molecular formula is C15H23NO. The van der Waals surface area contributed by atoms with Crippen molar-refractivity contribution in [2.45, 2.75) is 33.2 Å². The summed E-state index contributed by atoms with van der Waals surface area (Å²) in [6.07, 6.45) is 2.20. The van der Waals surface area contributed by atoms with E-state index in [-0.39, 0.29) is 0 Å². The van der Waals surface area contributed by atoms with Gasteiger partial charge in [-0.05, 0) is 50.3 Å². The number of nitrogens with zero attached hydrogens (tertiary/aromatic N) is 1. The van der Waals surface area contributed by atoms with Gasteiger partial charge >= 0.3 is 0 Å². The summed E-state index contributed by atoms with van der Waals surface area (Å²) < 4.78 is 0. The lowest BCUT2D eigenvalue weighted by atomic mass is 10.0. The molecule has 2 heteroatoms. The van der Waals surface area contributed by atoms with Crippen LogP contribution in [0.2, 0.25) is 0 Å². The van der Waals surface area contributed by atoms with E-state index in [2.05, 4.69) is 36.9 Å². The van der Waals surface area contributed by atoms with Crippen molar-refractivity contribution in [2.24, 2.45) is 5.92 Å². The third kappa shape index (κ3) is 3.30. The van der Waals surface area contributed by atoms with Gasteiger partial charge in [0.2, 0.25) is 0 Å². The van der Waals surface area contributed by atoms with Crippen LogP contribution in [0.1, 0.15) is 29.5 Å². The molecule has 1 unspecified atom stereocenters. The van der Waals surface area contributed by atoms with E-state index in [1.54, 1.807) is 0 Å². The first kappa shape index (κ1) is 12.6. The SMILES string of the molecule is Cc1ccc(C)c(CN2CCC(CCO)C2)c1. The molecule has 2 rings (SSSR count). The molecule has 1 aromatic carbocycles. The third-order valence-corrected chi connectivity index (χ3v) is 3.81. The van der Waals surface area contributed by atoms with Gasteiger partial charge in [-0.2, -0.15) is 0 Å². The van der Waals surface area contributed by atoms with Crippen LogP contribution in [0, 0.1) is 19.8 Å². The maximum absolute atomic E-state index is 8.96. The van der Waals surface area contributed by atoms with E-state index in [9.17, 15) is 0 Å². The number of aryl methyl sites for hydroxylation is 2. The first-order valence-corrected chi connectivity index (χ1v) is 6.58. The zero-order chi connectivity index (χ0) is 12.3. The summed E-state index contributed by atoms with van der Waals surface area (Å²) >= 11 is 0.